The minimum Gasteiger partial charge on any atom is -0.397 e. The van der Waals surface area contributed by atoms with Crippen molar-refractivity contribution in [1.82, 2.24) is 4.98 Å². The Balaban J connectivity index is 2.93. The van der Waals surface area contributed by atoms with E-state index in [4.69, 9.17) is 10.8 Å². The SMILES string of the molecule is CC(C)S(=O)(=O)c1cnc(C(=O)CCC(O)C(F)(F)F)c(N)c1. The number of carbonyl (C=O) groups excluding carboxylic acids is 1. The fourth-order valence-corrected chi connectivity index (χ4v) is 2.71. The summed E-state index contributed by atoms with van der Waals surface area (Å²) in [5, 5.41) is 8.14. The number of hydrogen-bond acceptors (Lipinski definition) is 6. The van der Waals surface area contributed by atoms with Crippen LogP contribution in [0.2, 0.25) is 0 Å². The maximum absolute atomic E-state index is 12.2. The summed E-state index contributed by atoms with van der Waals surface area (Å²) in [6.45, 7) is 2.92. The Hall–Kier alpha value is -1.68. The van der Waals surface area contributed by atoms with E-state index >= 15 is 0 Å². The topological polar surface area (TPSA) is 110 Å². The fraction of sp³-hybridized carbons (Fsp3) is 0.538. The number of anilines is 1. The Morgan fingerprint density at radius 1 is 1.39 bits per heavy atom. The zero-order valence-corrected chi connectivity index (χ0v) is 13.3. The summed E-state index contributed by atoms with van der Waals surface area (Å²) < 4.78 is 60.4. The number of sulfone groups is 1. The van der Waals surface area contributed by atoms with Gasteiger partial charge in [-0.15, -0.1) is 0 Å². The molecule has 0 spiro atoms. The number of halogens is 3. The van der Waals surface area contributed by atoms with E-state index in [-0.39, 0.29) is 16.3 Å². The molecule has 1 heterocycles. The number of pyridine rings is 1. The molecule has 130 valence electrons. The van der Waals surface area contributed by atoms with Gasteiger partial charge in [-0.25, -0.2) is 13.4 Å². The number of aliphatic hydroxyl groups is 1. The van der Waals surface area contributed by atoms with Gasteiger partial charge in [0.15, 0.2) is 15.6 Å². The molecule has 1 atom stereocenters. The first-order valence-electron chi connectivity index (χ1n) is 6.64. The molecule has 0 aliphatic carbocycles. The third-order valence-electron chi connectivity index (χ3n) is 3.13. The maximum Gasteiger partial charge on any atom is 0.414 e. The molecule has 0 radical (unpaired) electrons. The number of nitrogen functional groups attached to an aromatic ring is 1. The predicted octanol–water partition coefficient (Wildman–Crippen LogP) is 1.73. The summed E-state index contributed by atoms with van der Waals surface area (Å²) in [5.74, 6) is -0.806. The number of ketones is 1. The van der Waals surface area contributed by atoms with Crippen LogP contribution in [0.1, 0.15) is 37.2 Å². The summed E-state index contributed by atoms with van der Waals surface area (Å²) in [6.07, 6.45) is -7.93. The third-order valence-corrected chi connectivity index (χ3v) is 5.25. The summed E-state index contributed by atoms with van der Waals surface area (Å²) >= 11 is 0. The van der Waals surface area contributed by atoms with E-state index in [0.29, 0.717) is 0 Å². The zero-order valence-electron chi connectivity index (χ0n) is 12.5. The molecule has 0 aromatic carbocycles. The van der Waals surface area contributed by atoms with Gasteiger partial charge >= 0.3 is 6.18 Å². The average Bonchev–Trinajstić information content (AvgIpc) is 2.42. The highest BCUT2D eigenvalue weighted by molar-refractivity contribution is 7.92. The quantitative estimate of drug-likeness (QED) is 0.753. The Labute approximate surface area is 131 Å². The second-order valence-corrected chi connectivity index (χ2v) is 7.73. The number of aliphatic hydroxyl groups excluding tert-OH is 1. The lowest BCUT2D eigenvalue weighted by molar-refractivity contribution is -0.204. The zero-order chi connectivity index (χ0) is 18.0. The standard InChI is InChI=1S/C13H17F3N2O4S/c1-7(2)23(21,22)8-5-9(17)12(18-6-8)10(19)3-4-11(20)13(14,15)16/h5-7,11,20H,3-4,17H2,1-2H3. The summed E-state index contributed by atoms with van der Waals surface area (Å²) in [5.41, 5.74) is 5.02. The number of rotatable bonds is 6. The van der Waals surface area contributed by atoms with E-state index in [9.17, 15) is 26.4 Å². The second kappa shape index (κ2) is 6.83. The normalized spacial score (nSPS) is 14.0. The first-order valence-corrected chi connectivity index (χ1v) is 8.19. The number of aromatic nitrogens is 1. The molecule has 1 aromatic heterocycles. The van der Waals surface area contributed by atoms with Gasteiger partial charge in [0.25, 0.3) is 0 Å². The molecule has 1 unspecified atom stereocenters. The van der Waals surface area contributed by atoms with E-state index in [1.54, 1.807) is 0 Å². The van der Waals surface area contributed by atoms with Crippen molar-refractivity contribution in [2.45, 2.75) is 49.1 Å². The van der Waals surface area contributed by atoms with E-state index in [1.807, 2.05) is 0 Å². The van der Waals surface area contributed by atoms with Crippen LogP contribution in [0.15, 0.2) is 17.2 Å². The van der Waals surface area contributed by atoms with Gasteiger partial charge in [0.05, 0.1) is 15.8 Å². The third kappa shape index (κ3) is 4.64. The van der Waals surface area contributed by atoms with Crippen LogP contribution in [0.4, 0.5) is 18.9 Å². The maximum atomic E-state index is 12.2. The van der Waals surface area contributed by atoms with Gasteiger partial charge in [-0.2, -0.15) is 13.2 Å². The monoisotopic (exact) mass is 354 g/mol. The molecule has 0 aliphatic heterocycles. The van der Waals surface area contributed by atoms with Crippen LogP contribution < -0.4 is 5.73 Å². The van der Waals surface area contributed by atoms with E-state index < -0.39 is 46.0 Å². The minimum atomic E-state index is -4.81. The molecule has 10 heteroatoms. The number of hydrogen-bond donors (Lipinski definition) is 2. The molecule has 3 N–H and O–H groups in total. The average molecular weight is 354 g/mol. The van der Waals surface area contributed by atoms with Crippen molar-refractivity contribution in [3.8, 4) is 0 Å². The molecule has 0 aliphatic rings. The van der Waals surface area contributed by atoms with E-state index in [0.717, 1.165) is 12.3 Å². The summed E-state index contributed by atoms with van der Waals surface area (Å²) in [4.78, 5) is 15.3. The van der Waals surface area contributed by atoms with Crippen LogP contribution in [-0.4, -0.2) is 41.8 Å². The summed E-state index contributed by atoms with van der Waals surface area (Å²) in [7, 11) is -3.63. The van der Waals surface area contributed by atoms with Crippen LogP contribution in [-0.2, 0) is 9.84 Å². The van der Waals surface area contributed by atoms with Crippen molar-refractivity contribution >= 4 is 21.3 Å². The molecular formula is C13H17F3N2O4S. The van der Waals surface area contributed by atoms with Crippen LogP contribution in [0.25, 0.3) is 0 Å². The molecule has 23 heavy (non-hydrogen) atoms. The van der Waals surface area contributed by atoms with Crippen LogP contribution >= 0.6 is 0 Å². The smallest absolute Gasteiger partial charge is 0.397 e. The lowest BCUT2D eigenvalue weighted by atomic mass is 10.1. The highest BCUT2D eigenvalue weighted by Gasteiger charge is 2.38. The van der Waals surface area contributed by atoms with E-state index in [1.165, 1.54) is 13.8 Å². The molecule has 0 fully saturated rings. The first kappa shape index (κ1) is 19.4. The van der Waals surface area contributed by atoms with E-state index in [2.05, 4.69) is 4.98 Å². The Morgan fingerprint density at radius 3 is 2.39 bits per heavy atom. The van der Waals surface area contributed by atoms with Crippen molar-refractivity contribution in [3.63, 3.8) is 0 Å². The minimum absolute atomic E-state index is 0.170. The Bertz CT molecular complexity index is 687. The van der Waals surface area contributed by atoms with Gasteiger partial charge < -0.3 is 10.8 Å². The highest BCUT2D eigenvalue weighted by atomic mass is 32.2. The van der Waals surface area contributed by atoms with Crippen molar-refractivity contribution in [1.29, 1.82) is 0 Å². The molecule has 1 aromatic rings. The largest absolute Gasteiger partial charge is 0.414 e. The van der Waals surface area contributed by atoms with Crippen molar-refractivity contribution in [2.75, 3.05) is 5.73 Å². The van der Waals surface area contributed by atoms with Gasteiger partial charge in [0.1, 0.15) is 11.8 Å². The van der Waals surface area contributed by atoms with Gasteiger partial charge in [-0.1, -0.05) is 0 Å². The summed E-state index contributed by atoms with van der Waals surface area (Å²) in [6, 6.07) is 1.05. The highest BCUT2D eigenvalue weighted by Crippen LogP contribution is 2.25. The van der Waals surface area contributed by atoms with Crippen molar-refractivity contribution < 1.29 is 31.5 Å². The molecule has 1 rings (SSSR count). The molecular weight excluding hydrogens is 337 g/mol. The van der Waals surface area contributed by atoms with Gasteiger partial charge in [0, 0.05) is 12.6 Å². The lowest BCUT2D eigenvalue weighted by Gasteiger charge is -2.14. The van der Waals surface area contributed by atoms with Crippen LogP contribution in [0.5, 0.6) is 0 Å². The van der Waals surface area contributed by atoms with Crippen LogP contribution in [0.3, 0.4) is 0 Å². The number of nitrogens with zero attached hydrogens (tertiary/aromatic N) is 1. The van der Waals surface area contributed by atoms with Crippen LogP contribution in [0, 0.1) is 0 Å². The number of alkyl halides is 3. The molecule has 0 amide bonds. The molecule has 6 nitrogen and oxygen atoms in total. The number of Topliss-reactive ketones (excluding diaryl/α,β-unsaturated/α-hetero) is 1. The predicted molar refractivity (Wildman–Crippen MR) is 76.6 cm³/mol. The molecule has 0 bridgehead atoms. The van der Waals surface area contributed by atoms with Gasteiger partial charge in [0.2, 0.25) is 0 Å². The second-order valence-electron chi connectivity index (χ2n) is 5.22. The number of nitrogens with two attached hydrogens (primary N) is 1. The molecule has 0 saturated carbocycles. The first-order chi connectivity index (χ1) is 10.4. The Morgan fingerprint density at radius 2 is 1.96 bits per heavy atom. The Kier molecular flexibility index (Phi) is 5.75. The molecule has 0 saturated heterocycles. The fourth-order valence-electron chi connectivity index (χ4n) is 1.67. The van der Waals surface area contributed by atoms with Gasteiger partial charge in [-0.3, -0.25) is 4.79 Å². The van der Waals surface area contributed by atoms with Crippen molar-refractivity contribution in [3.05, 3.63) is 18.0 Å². The van der Waals surface area contributed by atoms with Crippen molar-refractivity contribution in [2.24, 2.45) is 0 Å². The van der Waals surface area contributed by atoms with Gasteiger partial charge in [-0.05, 0) is 26.3 Å². The number of carbonyl (C=O) groups is 1. The lowest BCUT2D eigenvalue weighted by Crippen LogP contribution is -2.29.